The fraction of sp³-hybridized carbons (Fsp3) is 0.389. The van der Waals surface area contributed by atoms with Crippen molar-refractivity contribution in [2.75, 3.05) is 37.7 Å². The van der Waals surface area contributed by atoms with Gasteiger partial charge in [-0.15, -0.1) is 0 Å². The van der Waals surface area contributed by atoms with Crippen LogP contribution < -0.4 is 20.6 Å². The minimum atomic E-state index is -3.13. The number of hydrogen-bond acceptors (Lipinski definition) is 11. The number of amides is 2. The summed E-state index contributed by atoms with van der Waals surface area (Å²) in [4.78, 5) is 47.7. The van der Waals surface area contributed by atoms with Crippen molar-refractivity contribution in [2.45, 2.75) is 104 Å². The van der Waals surface area contributed by atoms with Gasteiger partial charge in [-0.3, -0.25) is 14.3 Å². The molecule has 1 atom stereocenters. The number of carboxylic acid groups (broad SMARTS) is 1. The number of piperazine rings is 1. The Balaban J connectivity index is 1.23. The summed E-state index contributed by atoms with van der Waals surface area (Å²) in [5.41, 5.74) is 4.08. The summed E-state index contributed by atoms with van der Waals surface area (Å²) in [5, 5.41) is 18.9. The van der Waals surface area contributed by atoms with Gasteiger partial charge in [-0.05, 0) is 69.8 Å². The molecule has 72 heavy (non-hydrogen) atoms. The van der Waals surface area contributed by atoms with Crippen molar-refractivity contribution in [2.24, 2.45) is 0 Å². The highest BCUT2D eigenvalue weighted by molar-refractivity contribution is 6.99. The lowest BCUT2D eigenvalue weighted by Gasteiger charge is -2.43. The average molecular weight is 1010 g/mol. The number of pyridine rings is 1. The quantitative estimate of drug-likeness (QED) is 0.0694. The second-order valence-corrected chi connectivity index (χ2v) is 31.7. The molecule has 0 aliphatic carbocycles. The standard InChI is InChI=1S/C54H66FN9O6Si2/c1-36(59-49(65)50-60-51(61-70-50)53(2,3)4)41-30-44(55)42(29-37(41)33-69-72(54(5,6)7,39-17-13-11-14-18-39)40-19-15-12-16-20-40)47-43-31-46(64(48(43)58-34-57-47)35-68-27-28-71(8,9)10)45-22-21-38(32-56-45)62-23-25-63(26-24-62)52(66)67/h11-22,29-32,34,36H,23-28,33,35H2,1-10H3,(H,59,65)(H,66,67)/t36-/m1/s1. The highest BCUT2D eigenvalue weighted by Gasteiger charge is 2.50. The van der Waals surface area contributed by atoms with Crippen LogP contribution in [0.15, 0.2) is 108 Å². The smallest absolute Gasteiger partial charge is 0.407 e. The van der Waals surface area contributed by atoms with Crippen molar-refractivity contribution in [1.82, 2.24) is 39.9 Å². The van der Waals surface area contributed by atoms with Crippen molar-refractivity contribution in [3.8, 4) is 22.6 Å². The molecule has 3 aromatic carbocycles. The van der Waals surface area contributed by atoms with E-state index in [1.54, 1.807) is 19.2 Å². The molecule has 2 amide bonds. The van der Waals surface area contributed by atoms with Crippen LogP contribution in [-0.4, -0.2) is 101 Å². The Morgan fingerprint density at radius 2 is 1.54 bits per heavy atom. The number of nitrogens with zero attached hydrogens (tertiary/aromatic N) is 8. The van der Waals surface area contributed by atoms with Gasteiger partial charge in [0, 0.05) is 57.2 Å². The second kappa shape index (κ2) is 20.9. The number of rotatable bonds is 16. The summed E-state index contributed by atoms with van der Waals surface area (Å²) in [5.74, 6) is -0.943. The highest BCUT2D eigenvalue weighted by atomic mass is 28.4. The van der Waals surface area contributed by atoms with Gasteiger partial charge in [0.1, 0.15) is 24.5 Å². The van der Waals surface area contributed by atoms with Gasteiger partial charge in [-0.1, -0.05) is 127 Å². The Bertz CT molecular complexity index is 2980. The molecule has 7 aromatic rings. The summed E-state index contributed by atoms with van der Waals surface area (Å²) >= 11 is 0. The van der Waals surface area contributed by atoms with Crippen LogP contribution in [0.3, 0.4) is 0 Å². The van der Waals surface area contributed by atoms with E-state index in [4.69, 9.17) is 28.6 Å². The van der Waals surface area contributed by atoms with Crippen LogP contribution in [0, 0.1) is 5.82 Å². The predicted molar refractivity (Wildman–Crippen MR) is 283 cm³/mol. The van der Waals surface area contributed by atoms with Crippen molar-refractivity contribution in [3.63, 3.8) is 0 Å². The molecule has 2 N–H and O–H groups in total. The first-order chi connectivity index (χ1) is 34.1. The predicted octanol–water partition coefficient (Wildman–Crippen LogP) is 9.66. The van der Waals surface area contributed by atoms with Gasteiger partial charge in [-0.2, -0.15) is 4.98 Å². The monoisotopic (exact) mass is 1010 g/mol. The minimum Gasteiger partial charge on any atom is -0.465 e. The molecule has 1 aliphatic heterocycles. The maximum Gasteiger partial charge on any atom is 0.407 e. The molecule has 1 saturated heterocycles. The number of ether oxygens (including phenoxy) is 1. The van der Waals surface area contributed by atoms with Crippen LogP contribution in [0.1, 0.15) is 82.1 Å². The van der Waals surface area contributed by atoms with E-state index >= 15 is 4.39 Å². The third kappa shape index (κ3) is 11.1. The molecule has 0 radical (unpaired) electrons. The van der Waals surface area contributed by atoms with Crippen molar-refractivity contribution in [1.29, 1.82) is 0 Å². The lowest BCUT2D eigenvalue weighted by molar-refractivity contribution is 0.0894. The van der Waals surface area contributed by atoms with Gasteiger partial charge in [0.25, 0.3) is 8.32 Å². The molecular formula is C54H66FN9O6Si2. The number of carbonyl (C=O) groups is 2. The van der Waals surface area contributed by atoms with E-state index in [0.717, 1.165) is 22.1 Å². The highest BCUT2D eigenvalue weighted by Crippen LogP contribution is 2.40. The maximum atomic E-state index is 17.3. The fourth-order valence-electron chi connectivity index (χ4n) is 9.28. The summed E-state index contributed by atoms with van der Waals surface area (Å²) in [6.45, 7) is 23.8. The van der Waals surface area contributed by atoms with Gasteiger partial charge in [0.2, 0.25) is 0 Å². The molecule has 0 unspecified atom stereocenters. The van der Waals surface area contributed by atoms with E-state index in [0.29, 0.717) is 77.9 Å². The largest absolute Gasteiger partial charge is 0.465 e. The SMILES string of the molecule is C[C@@H](NC(=O)c1nc(C(C)(C)C)no1)c1cc(F)c(-c2ncnc3c2cc(-c2ccc(N4CCN(C(=O)O)CC4)cn2)n3COCC[Si](C)(C)C)cc1CO[Si](c1ccccc1)(c1ccccc1)C(C)(C)C. The summed E-state index contributed by atoms with van der Waals surface area (Å²) in [7, 11) is -4.55. The molecule has 0 spiro atoms. The van der Waals surface area contributed by atoms with E-state index in [2.05, 4.69) is 85.0 Å². The number of carbonyl (C=O) groups excluding carboxylic acids is 1. The summed E-state index contributed by atoms with van der Waals surface area (Å²) < 4.78 is 38.6. The number of halogens is 1. The normalized spacial score (nSPS) is 14.2. The Morgan fingerprint density at radius 1 is 0.875 bits per heavy atom. The number of benzene rings is 3. The van der Waals surface area contributed by atoms with Crippen LogP contribution in [0.25, 0.3) is 33.7 Å². The Kier molecular flexibility index (Phi) is 15.0. The van der Waals surface area contributed by atoms with Crippen molar-refractivity contribution in [3.05, 3.63) is 132 Å². The van der Waals surface area contributed by atoms with Crippen LogP contribution in [0.2, 0.25) is 30.7 Å². The van der Waals surface area contributed by atoms with Crippen LogP contribution >= 0.6 is 0 Å². The third-order valence-corrected chi connectivity index (χ3v) is 20.0. The van der Waals surface area contributed by atoms with Crippen LogP contribution in [-0.2, 0) is 27.9 Å². The van der Waals surface area contributed by atoms with Crippen LogP contribution in [0.4, 0.5) is 14.9 Å². The molecule has 1 aliphatic rings. The number of hydrogen-bond donors (Lipinski definition) is 2. The van der Waals surface area contributed by atoms with E-state index in [9.17, 15) is 14.7 Å². The first-order valence-electron chi connectivity index (χ1n) is 24.5. The van der Waals surface area contributed by atoms with Gasteiger partial charge < -0.3 is 33.9 Å². The zero-order valence-electron chi connectivity index (χ0n) is 43.0. The first-order valence-corrected chi connectivity index (χ1v) is 30.1. The fourth-order valence-corrected chi connectivity index (χ4v) is 14.6. The zero-order chi connectivity index (χ0) is 51.6. The number of aromatic nitrogens is 6. The van der Waals surface area contributed by atoms with E-state index < -0.39 is 45.7 Å². The number of anilines is 1. The maximum absolute atomic E-state index is 17.3. The molecule has 8 rings (SSSR count). The Hall–Kier alpha value is -6.61. The topological polar surface area (TPSA) is 174 Å². The van der Waals surface area contributed by atoms with E-state index in [-0.39, 0.29) is 29.8 Å². The third-order valence-electron chi connectivity index (χ3n) is 13.3. The molecule has 0 bridgehead atoms. The van der Waals surface area contributed by atoms with Crippen molar-refractivity contribution >= 4 is 55.5 Å². The number of fused-ring (bicyclic) bond motifs is 1. The lowest BCUT2D eigenvalue weighted by atomic mass is 9.96. The molecule has 1 fully saturated rings. The van der Waals surface area contributed by atoms with Crippen molar-refractivity contribution < 1.29 is 32.8 Å². The Labute approximate surface area is 423 Å². The van der Waals surface area contributed by atoms with Gasteiger partial charge in [0.15, 0.2) is 5.82 Å². The van der Waals surface area contributed by atoms with Crippen LogP contribution in [0.5, 0.6) is 0 Å². The minimum absolute atomic E-state index is 0.0673. The molecule has 0 saturated carbocycles. The molecular weight excluding hydrogens is 946 g/mol. The Morgan fingerprint density at radius 3 is 2.11 bits per heavy atom. The average Bonchev–Trinajstić information content (AvgIpc) is 4.00. The molecule has 378 valence electrons. The molecule has 4 aromatic heterocycles. The lowest BCUT2D eigenvalue weighted by Crippen LogP contribution is -2.66. The zero-order valence-corrected chi connectivity index (χ0v) is 45.0. The molecule has 18 heteroatoms. The second-order valence-electron chi connectivity index (χ2n) is 21.8. The number of nitrogens with one attached hydrogen (secondary N) is 1. The van der Waals surface area contributed by atoms with Gasteiger partial charge in [0.05, 0.1) is 41.6 Å². The molecule has 5 heterocycles. The van der Waals surface area contributed by atoms with E-state index in [1.807, 2.05) is 79.9 Å². The summed E-state index contributed by atoms with van der Waals surface area (Å²) in [6, 6.07) is 30.0. The van der Waals surface area contributed by atoms with E-state index in [1.165, 1.54) is 17.3 Å². The van der Waals surface area contributed by atoms with Gasteiger partial charge in [-0.25, -0.2) is 19.2 Å². The first kappa shape index (κ1) is 51.7. The van der Waals surface area contributed by atoms with Gasteiger partial charge >= 0.3 is 17.9 Å². The molecule has 15 nitrogen and oxygen atoms in total. The summed E-state index contributed by atoms with van der Waals surface area (Å²) in [6.07, 6.45) is 2.32.